The predicted octanol–water partition coefficient (Wildman–Crippen LogP) is 2.96. The molecule has 2 saturated heterocycles. The summed E-state index contributed by atoms with van der Waals surface area (Å²) in [5.41, 5.74) is 2.10. The van der Waals surface area contributed by atoms with E-state index in [1.807, 2.05) is 6.92 Å². The van der Waals surface area contributed by atoms with E-state index in [9.17, 15) is 19.5 Å². The molecule has 0 spiro atoms. The summed E-state index contributed by atoms with van der Waals surface area (Å²) in [6, 6.07) is 6.40. The van der Waals surface area contributed by atoms with E-state index in [1.165, 1.54) is 12.0 Å². The lowest BCUT2D eigenvalue weighted by molar-refractivity contribution is -0.140. The summed E-state index contributed by atoms with van der Waals surface area (Å²) in [5, 5.41) is 11.5. The first-order chi connectivity index (χ1) is 18.3. The van der Waals surface area contributed by atoms with E-state index in [-0.39, 0.29) is 17.0 Å². The summed E-state index contributed by atoms with van der Waals surface area (Å²) in [6.45, 7) is 9.88. The Labute approximate surface area is 222 Å². The number of likely N-dealkylation sites (tertiary alicyclic amines) is 1. The molecule has 0 saturated carbocycles. The minimum Gasteiger partial charge on any atom is -0.507 e. The van der Waals surface area contributed by atoms with Crippen molar-refractivity contribution < 1.29 is 33.7 Å². The number of hydrogen-bond acceptors (Lipinski definition) is 8. The fraction of sp³-hybridized carbons (Fsp3) is 0.464. The highest BCUT2D eigenvalue weighted by Gasteiger charge is 2.46. The molecule has 1 aromatic heterocycles. The molecule has 204 valence electrons. The number of benzene rings is 1. The lowest BCUT2D eigenvalue weighted by Crippen LogP contribution is -2.38. The third kappa shape index (κ3) is 5.32. The van der Waals surface area contributed by atoms with Gasteiger partial charge in [-0.1, -0.05) is 12.1 Å². The molecule has 1 aromatic carbocycles. The van der Waals surface area contributed by atoms with Crippen molar-refractivity contribution in [3.63, 3.8) is 0 Å². The molecule has 1 atom stereocenters. The Kier molecular flexibility index (Phi) is 8.53. The van der Waals surface area contributed by atoms with Crippen molar-refractivity contribution >= 4 is 23.4 Å². The molecule has 10 heteroatoms. The lowest BCUT2D eigenvalue weighted by atomic mass is 9.94. The lowest BCUT2D eigenvalue weighted by Gasteiger charge is -2.29. The second kappa shape index (κ2) is 11.8. The van der Waals surface area contributed by atoms with Gasteiger partial charge < -0.3 is 29.2 Å². The molecule has 1 amide bonds. The van der Waals surface area contributed by atoms with Crippen LogP contribution in [0.4, 0.5) is 0 Å². The van der Waals surface area contributed by atoms with Crippen LogP contribution in [0.2, 0.25) is 0 Å². The van der Waals surface area contributed by atoms with Crippen LogP contribution in [0.25, 0.3) is 5.76 Å². The van der Waals surface area contributed by atoms with Crippen LogP contribution < -0.4 is 4.74 Å². The van der Waals surface area contributed by atoms with Gasteiger partial charge in [0.05, 0.1) is 38.5 Å². The number of hydrogen-bond donors (Lipinski definition) is 2. The summed E-state index contributed by atoms with van der Waals surface area (Å²) < 4.78 is 15.8. The first kappa shape index (κ1) is 27.4. The van der Waals surface area contributed by atoms with Crippen molar-refractivity contribution in [3.05, 3.63) is 57.9 Å². The number of H-pyrrole nitrogens is 1. The normalized spacial score (nSPS) is 19.7. The Morgan fingerprint density at radius 2 is 1.82 bits per heavy atom. The van der Waals surface area contributed by atoms with E-state index in [0.29, 0.717) is 60.9 Å². The number of aliphatic hydroxyl groups is 1. The molecule has 0 radical (unpaired) electrons. The topological polar surface area (TPSA) is 121 Å². The minimum atomic E-state index is -0.786. The van der Waals surface area contributed by atoms with Gasteiger partial charge in [-0.05, 0) is 50.5 Å². The van der Waals surface area contributed by atoms with Gasteiger partial charge in [-0.25, -0.2) is 4.79 Å². The molecule has 0 unspecified atom stereocenters. The van der Waals surface area contributed by atoms with Crippen LogP contribution in [-0.4, -0.2) is 90.7 Å². The monoisotopic (exact) mass is 525 g/mol. The van der Waals surface area contributed by atoms with Crippen LogP contribution in [0.3, 0.4) is 0 Å². The van der Waals surface area contributed by atoms with Crippen molar-refractivity contribution in [2.75, 3.05) is 53.1 Å². The highest BCUT2D eigenvalue weighted by Crippen LogP contribution is 2.41. The van der Waals surface area contributed by atoms with Crippen molar-refractivity contribution in [1.82, 2.24) is 14.8 Å². The number of aliphatic hydroxyl groups excluding tert-OH is 1. The minimum absolute atomic E-state index is 0.00727. The van der Waals surface area contributed by atoms with Crippen LogP contribution in [0.1, 0.15) is 52.3 Å². The zero-order valence-corrected chi connectivity index (χ0v) is 22.3. The molecular weight excluding hydrogens is 490 g/mol. The Morgan fingerprint density at radius 3 is 2.45 bits per heavy atom. The average molecular weight is 526 g/mol. The van der Waals surface area contributed by atoms with Gasteiger partial charge in [-0.2, -0.15) is 0 Å². The number of carbonyl (C=O) groups is 3. The molecule has 10 nitrogen and oxygen atoms in total. The molecule has 0 bridgehead atoms. The van der Waals surface area contributed by atoms with Crippen molar-refractivity contribution in [3.8, 4) is 5.75 Å². The molecule has 38 heavy (non-hydrogen) atoms. The smallest absolute Gasteiger partial charge is 0.354 e. The van der Waals surface area contributed by atoms with Crippen LogP contribution in [0.5, 0.6) is 5.75 Å². The number of methoxy groups -OCH3 is 1. The number of aryl methyl sites for hydroxylation is 1. The summed E-state index contributed by atoms with van der Waals surface area (Å²) in [7, 11) is 1.27. The first-order valence-corrected chi connectivity index (χ1v) is 12.9. The molecule has 3 heterocycles. The summed E-state index contributed by atoms with van der Waals surface area (Å²) in [5.74, 6) is -1.66. The number of esters is 1. The highest BCUT2D eigenvalue weighted by molar-refractivity contribution is 6.46. The molecular formula is C28H35N3O7. The zero-order chi connectivity index (χ0) is 27.4. The van der Waals surface area contributed by atoms with Gasteiger partial charge in [0.2, 0.25) is 0 Å². The Morgan fingerprint density at radius 1 is 1.13 bits per heavy atom. The average Bonchev–Trinajstić information content (AvgIpc) is 3.36. The molecule has 4 rings (SSSR count). The number of nitrogens with zero attached hydrogens (tertiary/aromatic N) is 2. The molecule has 2 aliphatic rings. The number of rotatable bonds is 9. The highest BCUT2D eigenvalue weighted by atomic mass is 16.5. The van der Waals surface area contributed by atoms with E-state index in [0.717, 1.165) is 19.6 Å². The van der Waals surface area contributed by atoms with E-state index in [4.69, 9.17) is 14.2 Å². The maximum absolute atomic E-state index is 13.4. The standard InChI is InChI=1S/C28H35N3O7/c1-5-38-20-9-7-19(8-10-20)24-22(25(32)21-17(2)23(28(35)36-4)29-18(21)3)26(33)27(34)31(24)12-6-11-30-13-15-37-16-14-30/h7-10,24,29,32H,5-6,11-16H2,1-4H3/b25-22+/t24-/m1/s1. The number of ketones is 1. The molecule has 2 fully saturated rings. The van der Waals surface area contributed by atoms with Gasteiger partial charge in [-0.15, -0.1) is 0 Å². The Balaban J connectivity index is 1.74. The maximum Gasteiger partial charge on any atom is 0.354 e. The first-order valence-electron chi connectivity index (χ1n) is 12.9. The van der Waals surface area contributed by atoms with E-state index in [1.54, 1.807) is 38.1 Å². The number of Topliss-reactive ketones (excluding diaryl/α,β-unsaturated/α-hetero) is 1. The van der Waals surface area contributed by atoms with Crippen molar-refractivity contribution in [2.24, 2.45) is 0 Å². The number of carbonyl (C=O) groups excluding carboxylic acids is 3. The fourth-order valence-electron chi connectivity index (χ4n) is 5.21. The molecule has 2 aliphatic heterocycles. The van der Waals surface area contributed by atoms with E-state index in [2.05, 4.69) is 9.88 Å². The van der Waals surface area contributed by atoms with Gasteiger partial charge in [0.25, 0.3) is 11.7 Å². The Hall–Kier alpha value is -3.63. The SMILES string of the molecule is CCOc1ccc([C@@H]2/C(=C(\O)c3c(C)[nH]c(C(=O)OC)c3C)C(=O)C(=O)N2CCCN2CCOCC2)cc1. The van der Waals surface area contributed by atoms with Crippen molar-refractivity contribution in [1.29, 1.82) is 0 Å². The third-order valence-corrected chi connectivity index (χ3v) is 7.09. The zero-order valence-electron chi connectivity index (χ0n) is 22.3. The largest absolute Gasteiger partial charge is 0.507 e. The second-order valence-corrected chi connectivity index (χ2v) is 9.42. The van der Waals surface area contributed by atoms with E-state index < -0.39 is 23.7 Å². The quantitative estimate of drug-likeness (QED) is 0.222. The summed E-state index contributed by atoms with van der Waals surface area (Å²) >= 11 is 0. The Bertz CT molecular complexity index is 1230. The summed E-state index contributed by atoms with van der Waals surface area (Å²) in [6.07, 6.45) is 0.662. The van der Waals surface area contributed by atoms with Gasteiger partial charge in [0, 0.05) is 37.4 Å². The molecule has 0 aliphatic carbocycles. The number of ether oxygens (including phenoxy) is 3. The summed E-state index contributed by atoms with van der Waals surface area (Å²) in [4.78, 5) is 45.7. The maximum atomic E-state index is 13.4. The second-order valence-electron chi connectivity index (χ2n) is 9.42. The molecule has 2 aromatic rings. The van der Waals surface area contributed by atoms with Gasteiger partial charge >= 0.3 is 5.97 Å². The van der Waals surface area contributed by atoms with E-state index >= 15 is 0 Å². The van der Waals surface area contributed by atoms with Crippen LogP contribution >= 0.6 is 0 Å². The fourth-order valence-corrected chi connectivity index (χ4v) is 5.21. The number of nitrogens with one attached hydrogen (secondary N) is 1. The van der Waals surface area contributed by atoms with Crippen LogP contribution in [0.15, 0.2) is 29.8 Å². The van der Waals surface area contributed by atoms with Crippen LogP contribution in [-0.2, 0) is 19.1 Å². The number of morpholine rings is 1. The third-order valence-electron chi connectivity index (χ3n) is 7.09. The molecule has 2 N–H and O–H groups in total. The predicted molar refractivity (Wildman–Crippen MR) is 140 cm³/mol. The number of aromatic amines is 1. The van der Waals surface area contributed by atoms with Crippen LogP contribution in [0, 0.1) is 13.8 Å². The van der Waals surface area contributed by atoms with Gasteiger partial charge in [0.15, 0.2) is 0 Å². The van der Waals surface area contributed by atoms with Gasteiger partial charge in [-0.3, -0.25) is 14.5 Å². The number of amides is 1. The van der Waals surface area contributed by atoms with Crippen molar-refractivity contribution in [2.45, 2.75) is 33.2 Å². The number of aromatic nitrogens is 1. The van der Waals surface area contributed by atoms with Gasteiger partial charge in [0.1, 0.15) is 17.2 Å².